The Labute approximate surface area is 348 Å². The van der Waals surface area contributed by atoms with Gasteiger partial charge in [0.2, 0.25) is 0 Å². The molecule has 2 heterocycles. The van der Waals surface area contributed by atoms with E-state index in [1.54, 1.807) is 0 Å². The summed E-state index contributed by atoms with van der Waals surface area (Å²) in [6.45, 7) is 4.69. The molecular formula is C57H39NO2. The standard InChI is InChI=1S/C57H39NO2/c1-57(2)49-19-11-9-17-44(49)45-30-25-40(33-50(45)57)47-34-43(35-48-55-53(60-56(47)48)32-31-52-54(55)46-18-10-12-20-51(46)59-52)58(41-26-21-38(22-27-41)36-13-5-3-6-14-36)42-28-23-39(24-29-42)37-15-7-4-8-16-37/h3-35H,1-2H3. The Morgan fingerprint density at radius 2 is 0.883 bits per heavy atom. The van der Waals surface area contributed by atoms with Gasteiger partial charge in [-0.2, -0.15) is 0 Å². The molecule has 3 heteroatoms. The van der Waals surface area contributed by atoms with E-state index in [9.17, 15) is 0 Å². The van der Waals surface area contributed by atoms with Crippen molar-refractivity contribution in [3.8, 4) is 44.5 Å². The third-order valence-electron chi connectivity index (χ3n) is 12.7. The van der Waals surface area contributed by atoms with Gasteiger partial charge in [0.05, 0.1) is 0 Å². The number of nitrogens with zero attached hydrogens (tertiary/aromatic N) is 1. The van der Waals surface area contributed by atoms with Gasteiger partial charge in [0.15, 0.2) is 0 Å². The summed E-state index contributed by atoms with van der Waals surface area (Å²) in [7, 11) is 0. The van der Waals surface area contributed by atoms with Gasteiger partial charge in [-0.3, -0.25) is 0 Å². The predicted octanol–water partition coefficient (Wildman–Crippen LogP) is 16.3. The van der Waals surface area contributed by atoms with E-state index in [1.807, 2.05) is 18.2 Å². The molecule has 2 aromatic heterocycles. The molecule has 11 aromatic rings. The summed E-state index contributed by atoms with van der Waals surface area (Å²) in [4.78, 5) is 2.38. The van der Waals surface area contributed by atoms with Crippen LogP contribution in [0.5, 0.6) is 0 Å². The van der Waals surface area contributed by atoms with Gasteiger partial charge in [-0.25, -0.2) is 0 Å². The summed E-state index contributed by atoms with van der Waals surface area (Å²) < 4.78 is 13.5. The van der Waals surface area contributed by atoms with Crippen LogP contribution in [0, 0.1) is 0 Å². The Bertz CT molecular complexity index is 3340. The van der Waals surface area contributed by atoms with E-state index >= 15 is 0 Å². The molecule has 0 fully saturated rings. The van der Waals surface area contributed by atoms with Crippen molar-refractivity contribution in [2.24, 2.45) is 0 Å². The molecule has 0 amide bonds. The third kappa shape index (κ3) is 5.29. The van der Waals surface area contributed by atoms with Crippen molar-refractivity contribution in [3.63, 3.8) is 0 Å². The number of rotatable bonds is 6. The van der Waals surface area contributed by atoms with E-state index in [1.165, 1.54) is 44.5 Å². The molecule has 3 nitrogen and oxygen atoms in total. The smallest absolute Gasteiger partial charge is 0.143 e. The van der Waals surface area contributed by atoms with Crippen LogP contribution in [0.2, 0.25) is 0 Å². The second kappa shape index (κ2) is 13.2. The van der Waals surface area contributed by atoms with E-state index in [4.69, 9.17) is 8.83 Å². The predicted molar refractivity (Wildman–Crippen MR) is 250 cm³/mol. The molecule has 1 aliphatic rings. The van der Waals surface area contributed by atoms with Gasteiger partial charge < -0.3 is 13.7 Å². The summed E-state index contributed by atoms with van der Waals surface area (Å²) in [5, 5.41) is 4.25. The van der Waals surface area contributed by atoms with E-state index < -0.39 is 0 Å². The lowest BCUT2D eigenvalue weighted by molar-refractivity contribution is 0.660. The minimum Gasteiger partial charge on any atom is -0.456 e. The van der Waals surface area contributed by atoms with E-state index in [0.717, 1.165) is 72.1 Å². The zero-order valence-corrected chi connectivity index (χ0v) is 33.3. The lowest BCUT2D eigenvalue weighted by Gasteiger charge is -2.27. The Hall–Kier alpha value is -7.62. The molecule has 0 aliphatic heterocycles. The molecule has 9 aromatic carbocycles. The van der Waals surface area contributed by atoms with Crippen LogP contribution in [0.4, 0.5) is 17.1 Å². The molecule has 1 aliphatic carbocycles. The van der Waals surface area contributed by atoms with Gasteiger partial charge in [-0.15, -0.1) is 0 Å². The van der Waals surface area contributed by atoms with Crippen molar-refractivity contribution >= 4 is 60.9 Å². The minimum absolute atomic E-state index is 0.151. The average Bonchev–Trinajstić information content (AvgIpc) is 3.94. The summed E-state index contributed by atoms with van der Waals surface area (Å²) in [5.74, 6) is 0. The van der Waals surface area contributed by atoms with Crippen LogP contribution in [0.3, 0.4) is 0 Å². The normalized spacial score (nSPS) is 13.0. The highest BCUT2D eigenvalue weighted by Crippen LogP contribution is 2.52. The van der Waals surface area contributed by atoms with E-state index in [-0.39, 0.29) is 5.41 Å². The maximum atomic E-state index is 7.01. The molecule has 0 unspecified atom stereocenters. The zero-order chi connectivity index (χ0) is 40.0. The molecule has 60 heavy (non-hydrogen) atoms. The summed E-state index contributed by atoms with van der Waals surface area (Å²) in [6, 6.07) is 71.9. The second-order valence-electron chi connectivity index (χ2n) is 16.5. The molecule has 0 atom stereocenters. The van der Waals surface area contributed by atoms with Crippen LogP contribution in [0.1, 0.15) is 25.0 Å². The first kappa shape index (κ1) is 34.4. The van der Waals surface area contributed by atoms with E-state index in [2.05, 4.69) is 201 Å². The summed E-state index contributed by atoms with van der Waals surface area (Å²) in [6.07, 6.45) is 0. The SMILES string of the molecule is CC1(C)c2ccccc2-c2ccc(-c3cc(N(c4ccc(-c5ccccc5)cc4)c4ccc(-c5ccccc5)cc4)cc4c3oc3ccc5oc6ccccc6c5c34)cc21. The maximum absolute atomic E-state index is 7.01. The average molecular weight is 770 g/mol. The fourth-order valence-corrected chi connectivity index (χ4v) is 9.70. The van der Waals surface area contributed by atoms with Gasteiger partial charge in [-0.1, -0.05) is 153 Å². The first-order valence-electron chi connectivity index (χ1n) is 20.7. The molecule has 0 bridgehead atoms. The molecule has 0 N–H and O–H groups in total. The fraction of sp³-hybridized carbons (Fsp3) is 0.0526. The van der Waals surface area contributed by atoms with Crippen molar-refractivity contribution in [3.05, 3.63) is 211 Å². The van der Waals surface area contributed by atoms with Gasteiger partial charge in [0, 0.05) is 49.6 Å². The maximum Gasteiger partial charge on any atom is 0.143 e. The Balaban J connectivity index is 1.13. The van der Waals surface area contributed by atoms with Gasteiger partial charge in [0.25, 0.3) is 0 Å². The van der Waals surface area contributed by atoms with Gasteiger partial charge in [0.1, 0.15) is 22.3 Å². The van der Waals surface area contributed by atoms with Crippen molar-refractivity contribution in [2.75, 3.05) is 4.90 Å². The van der Waals surface area contributed by atoms with Gasteiger partial charge >= 0.3 is 0 Å². The van der Waals surface area contributed by atoms with Crippen LogP contribution in [0.25, 0.3) is 88.4 Å². The van der Waals surface area contributed by atoms with Gasteiger partial charge in [-0.05, 0) is 111 Å². The number of fused-ring (bicyclic) bond motifs is 10. The highest BCUT2D eigenvalue weighted by atomic mass is 16.3. The Morgan fingerprint density at radius 1 is 0.350 bits per heavy atom. The number of anilines is 3. The molecule has 0 saturated heterocycles. The number of furan rings is 2. The van der Waals surface area contributed by atoms with Crippen molar-refractivity contribution in [2.45, 2.75) is 19.3 Å². The van der Waals surface area contributed by atoms with Crippen molar-refractivity contribution in [1.82, 2.24) is 0 Å². The lowest BCUT2D eigenvalue weighted by Crippen LogP contribution is -2.14. The Morgan fingerprint density at radius 3 is 1.57 bits per heavy atom. The quantitative estimate of drug-likeness (QED) is 0.169. The molecule has 0 radical (unpaired) electrons. The van der Waals surface area contributed by atoms with Crippen LogP contribution >= 0.6 is 0 Å². The molecule has 284 valence electrons. The topological polar surface area (TPSA) is 29.5 Å². The number of hydrogen-bond acceptors (Lipinski definition) is 3. The first-order valence-corrected chi connectivity index (χ1v) is 20.7. The summed E-state index contributed by atoms with van der Waals surface area (Å²) >= 11 is 0. The van der Waals surface area contributed by atoms with Crippen LogP contribution in [-0.4, -0.2) is 0 Å². The summed E-state index contributed by atoms with van der Waals surface area (Å²) in [5.41, 5.74) is 18.6. The molecular weight excluding hydrogens is 731 g/mol. The first-order chi connectivity index (χ1) is 29.5. The van der Waals surface area contributed by atoms with E-state index in [0.29, 0.717) is 0 Å². The van der Waals surface area contributed by atoms with Crippen LogP contribution in [0.15, 0.2) is 209 Å². The Kier molecular flexibility index (Phi) is 7.58. The van der Waals surface area contributed by atoms with Crippen molar-refractivity contribution < 1.29 is 8.83 Å². The minimum atomic E-state index is -0.151. The third-order valence-corrected chi connectivity index (χ3v) is 12.7. The second-order valence-corrected chi connectivity index (χ2v) is 16.5. The van der Waals surface area contributed by atoms with Crippen molar-refractivity contribution in [1.29, 1.82) is 0 Å². The fourth-order valence-electron chi connectivity index (χ4n) is 9.70. The van der Waals surface area contributed by atoms with Crippen LogP contribution in [-0.2, 0) is 5.41 Å². The highest BCUT2D eigenvalue weighted by Gasteiger charge is 2.35. The molecule has 0 spiro atoms. The molecule has 12 rings (SSSR count). The number of benzene rings is 9. The highest BCUT2D eigenvalue weighted by molar-refractivity contribution is 6.27. The lowest BCUT2D eigenvalue weighted by atomic mass is 9.81. The monoisotopic (exact) mass is 769 g/mol. The molecule has 0 saturated carbocycles. The number of para-hydroxylation sites is 1. The largest absolute Gasteiger partial charge is 0.456 e. The number of hydrogen-bond donors (Lipinski definition) is 0. The zero-order valence-electron chi connectivity index (χ0n) is 33.3. The van der Waals surface area contributed by atoms with Crippen LogP contribution < -0.4 is 4.90 Å².